The third kappa shape index (κ3) is 2.79. The number of rotatable bonds is 3. The van der Waals surface area contributed by atoms with E-state index in [1.165, 1.54) is 6.33 Å². The molecule has 0 aliphatic carbocycles. The van der Waals surface area contributed by atoms with Gasteiger partial charge in [-0.15, -0.1) is 0 Å². The maximum atomic E-state index is 11.5. The van der Waals surface area contributed by atoms with Crippen LogP contribution in [-0.4, -0.2) is 51.6 Å². The van der Waals surface area contributed by atoms with Crippen LogP contribution in [0, 0.1) is 0 Å². The predicted molar refractivity (Wildman–Crippen MR) is 84.5 cm³/mol. The van der Waals surface area contributed by atoms with Crippen LogP contribution in [-0.2, 0) is 0 Å². The van der Waals surface area contributed by atoms with Gasteiger partial charge in [-0.05, 0) is 13.8 Å². The smallest absolute Gasteiger partial charge is 0.271 e. The molecule has 1 aromatic heterocycles. The lowest BCUT2D eigenvalue weighted by Gasteiger charge is -2.43. The van der Waals surface area contributed by atoms with E-state index in [9.17, 15) is 4.79 Å². The van der Waals surface area contributed by atoms with Gasteiger partial charge in [0.1, 0.15) is 5.02 Å². The standard InChI is InChI=1S/C12H18ClN5OS/c1-12(2,11(14)20)18-5-3-17(4-6-18)9-8(13)10(19)16-7-15-9/h7H,3-6H2,1-2H3,(H2,14,20)(H,15,16,19). The number of nitrogens with zero attached hydrogens (tertiary/aromatic N) is 3. The summed E-state index contributed by atoms with van der Waals surface area (Å²) in [6.45, 7) is 7.06. The summed E-state index contributed by atoms with van der Waals surface area (Å²) in [5, 5.41) is 0.134. The first-order valence-corrected chi connectivity index (χ1v) is 7.15. The number of hydrogen-bond acceptors (Lipinski definition) is 5. The Morgan fingerprint density at radius 3 is 2.60 bits per heavy atom. The van der Waals surface area contributed by atoms with Gasteiger partial charge < -0.3 is 15.6 Å². The van der Waals surface area contributed by atoms with Gasteiger partial charge in [0.05, 0.1) is 16.9 Å². The van der Waals surface area contributed by atoms with Crippen molar-refractivity contribution in [2.75, 3.05) is 31.1 Å². The van der Waals surface area contributed by atoms with Crippen molar-refractivity contribution in [3.05, 3.63) is 21.7 Å². The Bertz CT molecular complexity index is 565. The van der Waals surface area contributed by atoms with E-state index in [1.54, 1.807) is 0 Å². The molecule has 110 valence electrons. The highest BCUT2D eigenvalue weighted by Crippen LogP contribution is 2.23. The van der Waals surface area contributed by atoms with Gasteiger partial charge in [0, 0.05) is 26.2 Å². The highest BCUT2D eigenvalue weighted by Gasteiger charge is 2.33. The van der Waals surface area contributed by atoms with Crippen molar-refractivity contribution in [2.45, 2.75) is 19.4 Å². The molecule has 0 saturated carbocycles. The average Bonchev–Trinajstić information content (AvgIpc) is 2.42. The fourth-order valence-electron chi connectivity index (χ4n) is 2.23. The van der Waals surface area contributed by atoms with E-state index in [0.29, 0.717) is 10.8 Å². The third-order valence-electron chi connectivity index (χ3n) is 3.75. The van der Waals surface area contributed by atoms with E-state index in [4.69, 9.17) is 29.6 Å². The number of hydrogen-bond donors (Lipinski definition) is 2. The van der Waals surface area contributed by atoms with Crippen LogP contribution >= 0.6 is 23.8 Å². The topological polar surface area (TPSA) is 78.2 Å². The van der Waals surface area contributed by atoms with Crippen molar-refractivity contribution in [3.63, 3.8) is 0 Å². The summed E-state index contributed by atoms with van der Waals surface area (Å²) in [5.74, 6) is 0.531. The van der Waals surface area contributed by atoms with Crippen LogP contribution in [0.15, 0.2) is 11.1 Å². The van der Waals surface area contributed by atoms with Crippen molar-refractivity contribution in [1.82, 2.24) is 14.9 Å². The summed E-state index contributed by atoms with van der Waals surface area (Å²) in [6, 6.07) is 0. The third-order valence-corrected chi connectivity index (χ3v) is 4.59. The van der Waals surface area contributed by atoms with Gasteiger partial charge in [-0.1, -0.05) is 23.8 Å². The largest absolute Gasteiger partial charge is 0.392 e. The molecular formula is C12H18ClN5OS. The second-order valence-corrected chi connectivity index (χ2v) is 6.08. The van der Waals surface area contributed by atoms with E-state index < -0.39 is 0 Å². The molecule has 2 rings (SSSR count). The van der Waals surface area contributed by atoms with Gasteiger partial charge in [0.25, 0.3) is 5.56 Å². The molecule has 0 amide bonds. The molecular weight excluding hydrogens is 298 g/mol. The molecule has 0 atom stereocenters. The van der Waals surface area contributed by atoms with Gasteiger partial charge in [0.2, 0.25) is 0 Å². The minimum absolute atomic E-state index is 0.134. The van der Waals surface area contributed by atoms with Crippen LogP contribution in [0.25, 0.3) is 0 Å². The molecule has 0 spiro atoms. The number of piperazine rings is 1. The number of H-pyrrole nitrogens is 1. The first-order chi connectivity index (χ1) is 9.34. The van der Waals surface area contributed by atoms with Gasteiger partial charge >= 0.3 is 0 Å². The molecule has 0 bridgehead atoms. The highest BCUT2D eigenvalue weighted by atomic mass is 35.5. The monoisotopic (exact) mass is 315 g/mol. The molecule has 1 aromatic rings. The van der Waals surface area contributed by atoms with Gasteiger partial charge in [0.15, 0.2) is 5.82 Å². The Morgan fingerprint density at radius 1 is 1.45 bits per heavy atom. The Labute approximate surface area is 127 Å². The number of thiocarbonyl (C=S) groups is 1. The van der Waals surface area contributed by atoms with Gasteiger partial charge in [-0.3, -0.25) is 9.69 Å². The van der Waals surface area contributed by atoms with Gasteiger partial charge in [-0.25, -0.2) is 4.98 Å². The molecule has 3 N–H and O–H groups in total. The number of anilines is 1. The van der Waals surface area contributed by atoms with Crippen molar-refractivity contribution < 1.29 is 0 Å². The Morgan fingerprint density at radius 2 is 2.05 bits per heavy atom. The molecule has 0 aromatic carbocycles. The zero-order valence-electron chi connectivity index (χ0n) is 11.5. The van der Waals surface area contributed by atoms with Crippen LogP contribution < -0.4 is 16.2 Å². The molecule has 1 saturated heterocycles. The molecule has 1 aliphatic rings. The summed E-state index contributed by atoms with van der Waals surface area (Å²) >= 11 is 11.1. The molecule has 1 fully saturated rings. The number of aromatic nitrogens is 2. The molecule has 6 nitrogen and oxygen atoms in total. The minimum atomic E-state index is -0.317. The van der Waals surface area contributed by atoms with Gasteiger partial charge in [-0.2, -0.15) is 0 Å². The maximum Gasteiger partial charge on any atom is 0.271 e. The zero-order valence-corrected chi connectivity index (χ0v) is 13.1. The van der Waals surface area contributed by atoms with Crippen LogP contribution in [0.4, 0.5) is 5.82 Å². The predicted octanol–water partition coefficient (Wildman–Crippen LogP) is 0.610. The lowest BCUT2D eigenvalue weighted by atomic mass is 10.0. The summed E-state index contributed by atoms with van der Waals surface area (Å²) in [4.78, 5) is 22.8. The fraction of sp³-hybridized carbons (Fsp3) is 0.583. The second-order valence-electron chi connectivity index (χ2n) is 5.27. The lowest BCUT2D eigenvalue weighted by Crippen LogP contribution is -2.59. The highest BCUT2D eigenvalue weighted by molar-refractivity contribution is 7.80. The first-order valence-electron chi connectivity index (χ1n) is 6.37. The van der Waals surface area contributed by atoms with E-state index >= 15 is 0 Å². The summed E-state index contributed by atoms with van der Waals surface area (Å²) in [6.07, 6.45) is 1.37. The van der Waals surface area contributed by atoms with E-state index in [1.807, 2.05) is 18.7 Å². The Balaban J connectivity index is 2.10. The van der Waals surface area contributed by atoms with E-state index in [2.05, 4.69) is 14.9 Å². The van der Waals surface area contributed by atoms with Crippen molar-refractivity contribution >= 4 is 34.6 Å². The van der Waals surface area contributed by atoms with Crippen LogP contribution in [0.3, 0.4) is 0 Å². The molecule has 20 heavy (non-hydrogen) atoms. The summed E-state index contributed by atoms with van der Waals surface area (Å²) in [7, 11) is 0. The number of halogens is 1. The zero-order chi connectivity index (χ0) is 14.9. The SMILES string of the molecule is CC(C)(C(N)=S)N1CCN(c2nc[nH]c(=O)c2Cl)CC1. The number of nitrogens with two attached hydrogens (primary N) is 1. The fourth-order valence-corrected chi connectivity index (χ4v) is 2.58. The van der Waals surface area contributed by atoms with Crippen LogP contribution in [0.1, 0.15) is 13.8 Å². The quantitative estimate of drug-likeness (QED) is 0.796. The Hall–Kier alpha value is -1.18. The van der Waals surface area contributed by atoms with Crippen LogP contribution in [0.2, 0.25) is 5.02 Å². The maximum absolute atomic E-state index is 11.5. The van der Waals surface area contributed by atoms with E-state index in [-0.39, 0.29) is 16.1 Å². The first kappa shape index (κ1) is 15.2. The molecule has 0 unspecified atom stereocenters. The van der Waals surface area contributed by atoms with Crippen molar-refractivity contribution in [2.24, 2.45) is 5.73 Å². The van der Waals surface area contributed by atoms with Crippen molar-refractivity contribution in [1.29, 1.82) is 0 Å². The molecule has 8 heteroatoms. The molecule has 2 heterocycles. The second kappa shape index (κ2) is 5.67. The summed E-state index contributed by atoms with van der Waals surface area (Å²) in [5.41, 5.74) is 5.16. The molecule has 0 radical (unpaired) electrons. The number of nitrogens with one attached hydrogen (secondary N) is 1. The van der Waals surface area contributed by atoms with Crippen molar-refractivity contribution in [3.8, 4) is 0 Å². The van der Waals surface area contributed by atoms with Crippen LogP contribution in [0.5, 0.6) is 0 Å². The molecule has 1 aliphatic heterocycles. The number of aromatic amines is 1. The normalized spacial score (nSPS) is 17.2. The lowest BCUT2D eigenvalue weighted by molar-refractivity contribution is 0.168. The summed E-state index contributed by atoms with van der Waals surface area (Å²) < 4.78 is 0. The van der Waals surface area contributed by atoms with E-state index in [0.717, 1.165) is 26.2 Å². The minimum Gasteiger partial charge on any atom is -0.392 e. The Kier molecular flexibility index (Phi) is 4.31. The average molecular weight is 316 g/mol.